The summed E-state index contributed by atoms with van der Waals surface area (Å²) in [7, 11) is 6.08. The standard InChI is InChI=1S/C28H28N2O7/c1-33-22-13-9-8-12-19(22)21-14-20(29-30(21)16-18-10-6-5-7-11-18)26-23(37-17-25(31)32)15-24(34-2)27(35-3)28(26)36-4/h5-15H,16-17H2,1-4H3,(H,31,32). The van der Waals surface area contributed by atoms with Crippen LogP contribution in [0.1, 0.15) is 5.56 Å². The third kappa shape index (κ3) is 5.30. The number of rotatable bonds is 11. The SMILES string of the molecule is COc1ccccc1-c1cc(-c2c(OCC(=O)O)cc(OC)c(OC)c2OC)nn1Cc1ccccc1. The van der Waals surface area contributed by atoms with Crippen LogP contribution < -0.4 is 23.7 Å². The van der Waals surface area contributed by atoms with Gasteiger partial charge < -0.3 is 28.8 Å². The van der Waals surface area contributed by atoms with E-state index in [4.69, 9.17) is 28.8 Å². The number of para-hydroxylation sites is 1. The number of hydrogen-bond acceptors (Lipinski definition) is 7. The van der Waals surface area contributed by atoms with Crippen LogP contribution in [0.2, 0.25) is 0 Å². The Hall–Kier alpha value is -4.66. The van der Waals surface area contributed by atoms with Crippen LogP contribution in [-0.4, -0.2) is 55.9 Å². The molecule has 0 fully saturated rings. The van der Waals surface area contributed by atoms with E-state index in [1.165, 1.54) is 21.3 Å². The van der Waals surface area contributed by atoms with Gasteiger partial charge >= 0.3 is 5.97 Å². The van der Waals surface area contributed by atoms with Gasteiger partial charge in [-0.3, -0.25) is 4.68 Å². The van der Waals surface area contributed by atoms with Crippen LogP contribution in [0.25, 0.3) is 22.5 Å². The van der Waals surface area contributed by atoms with E-state index < -0.39 is 12.6 Å². The van der Waals surface area contributed by atoms with E-state index in [1.807, 2.05) is 65.3 Å². The minimum absolute atomic E-state index is 0.229. The van der Waals surface area contributed by atoms with Crippen molar-refractivity contribution >= 4 is 5.97 Å². The largest absolute Gasteiger partial charge is 0.496 e. The molecule has 0 aliphatic heterocycles. The number of benzene rings is 3. The van der Waals surface area contributed by atoms with Crippen molar-refractivity contribution in [2.75, 3.05) is 35.0 Å². The number of hydrogen-bond donors (Lipinski definition) is 1. The quantitative estimate of drug-likeness (QED) is 0.312. The monoisotopic (exact) mass is 504 g/mol. The normalized spacial score (nSPS) is 10.6. The van der Waals surface area contributed by atoms with E-state index in [2.05, 4.69) is 0 Å². The Morgan fingerprint density at radius 2 is 1.49 bits per heavy atom. The predicted octanol–water partition coefficient (Wildman–Crippen LogP) is 4.76. The van der Waals surface area contributed by atoms with Crippen molar-refractivity contribution in [2.24, 2.45) is 0 Å². The first-order valence-electron chi connectivity index (χ1n) is 11.4. The molecule has 1 aromatic heterocycles. The molecule has 1 N–H and O–H groups in total. The Bertz CT molecular complexity index is 1380. The maximum atomic E-state index is 11.3. The van der Waals surface area contributed by atoms with Gasteiger partial charge in [0.05, 0.1) is 46.2 Å². The minimum atomic E-state index is -1.12. The van der Waals surface area contributed by atoms with Gasteiger partial charge in [0.15, 0.2) is 18.1 Å². The van der Waals surface area contributed by atoms with Crippen molar-refractivity contribution in [3.8, 4) is 51.3 Å². The first-order chi connectivity index (χ1) is 18.0. The molecule has 0 saturated carbocycles. The van der Waals surface area contributed by atoms with Gasteiger partial charge in [0.1, 0.15) is 17.2 Å². The molecule has 0 unspecified atom stereocenters. The van der Waals surface area contributed by atoms with E-state index in [1.54, 1.807) is 13.2 Å². The van der Waals surface area contributed by atoms with E-state index >= 15 is 0 Å². The van der Waals surface area contributed by atoms with Gasteiger partial charge in [-0.15, -0.1) is 0 Å². The van der Waals surface area contributed by atoms with Crippen LogP contribution in [0.5, 0.6) is 28.7 Å². The van der Waals surface area contributed by atoms with Crippen LogP contribution in [0, 0.1) is 0 Å². The van der Waals surface area contributed by atoms with E-state index in [0.717, 1.165) is 16.8 Å². The summed E-state index contributed by atoms with van der Waals surface area (Å²) in [6, 6.07) is 21.1. The fourth-order valence-electron chi connectivity index (χ4n) is 4.12. The molecule has 4 rings (SSSR count). The van der Waals surface area contributed by atoms with E-state index in [-0.39, 0.29) is 5.75 Å². The predicted molar refractivity (Wildman–Crippen MR) is 138 cm³/mol. The molecule has 3 aromatic carbocycles. The third-order valence-electron chi connectivity index (χ3n) is 5.74. The first kappa shape index (κ1) is 25.4. The molecule has 9 nitrogen and oxygen atoms in total. The molecule has 0 atom stereocenters. The lowest BCUT2D eigenvalue weighted by Crippen LogP contribution is -2.11. The van der Waals surface area contributed by atoms with Crippen molar-refractivity contribution in [1.29, 1.82) is 0 Å². The molecule has 0 radical (unpaired) electrons. The number of carbonyl (C=O) groups is 1. The smallest absolute Gasteiger partial charge is 0.341 e. The second-order valence-electron chi connectivity index (χ2n) is 7.96. The fraction of sp³-hybridized carbons (Fsp3) is 0.214. The average Bonchev–Trinajstić information content (AvgIpc) is 3.33. The van der Waals surface area contributed by atoms with Gasteiger partial charge in [0, 0.05) is 11.6 Å². The van der Waals surface area contributed by atoms with Gasteiger partial charge in [-0.2, -0.15) is 5.10 Å². The molecule has 0 bridgehead atoms. The van der Waals surface area contributed by atoms with Crippen LogP contribution in [0.3, 0.4) is 0 Å². The molecule has 192 valence electrons. The van der Waals surface area contributed by atoms with Crippen LogP contribution in [0.4, 0.5) is 0 Å². The summed E-state index contributed by atoms with van der Waals surface area (Å²) in [6.45, 7) is -0.0785. The second-order valence-corrected chi connectivity index (χ2v) is 7.96. The number of aromatic nitrogens is 2. The minimum Gasteiger partial charge on any atom is -0.496 e. The molecular weight excluding hydrogens is 476 g/mol. The Kier molecular flexibility index (Phi) is 7.83. The molecule has 0 amide bonds. The van der Waals surface area contributed by atoms with Gasteiger partial charge in [-0.1, -0.05) is 42.5 Å². The number of carboxylic acids is 1. The highest BCUT2D eigenvalue weighted by Crippen LogP contribution is 2.50. The Balaban J connectivity index is 1.97. The average molecular weight is 505 g/mol. The van der Waals surface area contributed by atoms with Crippen molar-refractivity contribution in [3.63, 3.8) is 0 Å². The molecule has 0 spiro atoms. The number of ether oxygens (including phenoxy) is 5. The number of carboxylic acid groups (broad SMARTS) is 1. The summed E-state index contributed by atoms with van der Waals surface area (Å²) in [5, 5.41) is 14.2. The van der Waals surface area contributed by atoms with Gasteiger partial charge in [-0.05, 0) is 23.8 Å². The van der Waals surface area contributed by atoms with Crippen LogP contribution in [-0.2, 0) is 11.3 Å². The molecule has 4 aromatic rings. The molecule has 9 heteroatoms. The number of nitrogens with zero attached hydrogens (tertiary/aromatic N) is 2. The zero-order valence-electron chi connectivity index (χ0n) is 21.1. The maximum Gasteiger partial charge on any atom is 0.341 e. The lowest BCUT2D eigenvalue weighted by atomic mass is 10.1. The van der Waals surface area contributed by atoms with Crippen molar-refractivity contribution in [3.05, 3.63) is 72.3 Å². The summed E-state index contributed by atoms with van der Waals surface area (Å²) in [6.07, 6.45) is 0. The molecule has 0 saturated heterocycles. The Morgan fingerprint density at radius 3 is 2.14 bits per heavy atom. The maximum absolute atomic E-state index is 11.3. The molecule has 0 aliphatic carbocycles. The Labute approximate surface area is 214 Å². The third-order valence-corrected chi connectivity index (χ3v) is 5.74. The summed E-state index contributed by atoms with van der Waals surface area (Å²) in [5.74, 6) is 0.760. The van der Waals surface area contributed by atoms with E-state index in [0.29, 0.717) is 40.8 Å². The van der Waals surface area contributed by atoms with Gasteiger partial charge in [0.25, 0.3) is 0 Å². The molecule has 1 heterocycles. The summed E-state index contributed by atoms with van der Waals surface area (Å²) in [5.41, 5.74) is 3.61. The zero-order valence-corrected chi connectivity index (χ0v) is 21.1. The topological polar surface area (TPSA) is 101 Å². The zero-order chi connectivity index (χ0) is 26.4. The highest BCUT2D eigenvalue weighted by atomic mass is 16.5. The van der Waals surface area contributed by atoms with Gasteiger partial charge in [-0.25, -0.2) is 4.79 Å². The lowest BCUT2D eigenvalue weighted by Gasteiger charge is -2.18. The highest BCUT2D eigenvalue weighted by Gasteiger charge is 2.27. The molecule has 37 heavy (non-hydrogen) atoms. The first-order valence-corrected chi connectivity index (χ1v) is 11.4. The van der Waals surface area contributed by atoms with Crippen LogP contribution in [0.15, 0.2) is 66.7 Å². The van der Waals surface area contributed by atoms with Gasteiger partial charge in [0.2, 0.25) is 5.75 Å². The van der Waals surface area contributed by atoms with Crippen molar-refractivity contribution < 1.29 is 33.6 Å². The second kappa shape index (κ2) is 11.4. The lowest BCUT2D eigenvalue weighted by molar-refractivity contribution is -0.139. The van der Waals surface area contributed by atoms with Crippen molar-refractivity contribution in [2.45, 2.75) is 6.54 Å². The Morgan fingerprint density at radius 1 is 0.811 bits per heavy atom. The highest BCUT2D eigenvalue weighted by molar-refractivity contribution is 5.83. The summed E-state index contributed by atoms with van der Waals surface area (Å²) >= 11 is 0. The number of methoxy groups -OCH3 is 4. The van der Waals surface area contributed by atoms with E-state index in [9.17, 15) is 9.90 Å². The molecule has 0 aliphatic rings. The number of aliphatic carboxylic acids is 1. The fourth-order valence-corrected chi connectivity index (χ4v) is 4.12. The summed E-state index contributed by atoms with van der Waals surface area (Å²) < 4.78 is 29.9. The summed E-state index contributed by atoms with van der Waals surface area (Å²) in [4.78, 5) is 11.3. The van der Waals surface area contributed by atoms with Crippen LogP contribution >= 0.6 is 0 Å². The van der Waals surface area contributed by atoms with Crippen molar-refractivity contribution in [1.82, 2.24) is 9.78 Å². The molecular formula is C28H28N2O7.